The summed E-state index contributed by atoms with van der Waals surface area (Å²) in [6, 6.07) is 13.5. The van der Waals surface area contributed by atoms with Crippen molar-refractivity contribution in [2.45, 2.75) is 11.8 Å². The topological polar surface area (TPSA) is 80.3 Å². The SMILES string of the molecule is COc1ccc(C)cc1Nc1ccc(NS(=O)(=O)c2ccc(F)cc2)nc1. The van der Waals surface area contributed by atoms with E-state index in [-0.39, 0.29) is 10.7 Å². The average molecular weight is 387 g/mol. The van der Waals surface area contributed by atoms with Crippen molar-refractivity contribution in [1.82, 2.24) is 4.98 Å². The molecule has 0 aliphatic rings. The van der Waals surface area contributed by atoms with Crippen molar-refractivity contribution in [3.63, 3.8) is 0 Å². The van der Waals surface area contributed by atoms with E-state index in [9.17, 15) is 12.8 Å². The third-order valence-corrected chi connectivity index (χ3v) is 5.13. The number of aryl methyl sites for hydroxylation is 1. The van der Waals surface area contributed by atoms with Crippen molar-refractivity contribution in [3.05, 3.63) is 72.2 Å². The zero-order valence-corrected chi connectivity index (χ0v) is 15.5. The molecule has 0 spiro atoms. The van der Waals surface area contributed by atoms with Gasteiger partial charge in [0.05, 0.1) is 29.6 Å². The molecule has 3 rings (SSSR count). The first kappa shape index (κ1) is 18.7. The Morgan fingerprint density at radius 3 is 2.41 bits per heavy atom. The number of nitrogens with zero attached hydrogens (tertiary/aromatic N) is 1. The minimum Gasteiger partial charge on any atom is -0.495 e. The molecule has 27 heavy (non-hydrogen) atoms. The zero-order valence-electron chi connectivity index (χ0n) is 14.7. The Balaban J connectivity index is 1.76. The van der Waals surface area contributed by atoms with Crippen LogP contribution in [-0.4, -0.2) is 20.5 Å². The Labute approximate surface area is 157 Å². The van der Waals surface area contributed by atoms with Crippen molar-refractivity contribution in [2.24, 2.45) is 0 Å². The van der Waals surface area contributed by atoms with Crippen molar-refractivity contribution in [2.75, 3.05) is 17.1 Å². The number of benzene rings is 2. The van der Waals surface area contributed by atoms with Crippen LogP contribution in [0.25, 0.3) is 0 Å². The molecule has 0 amide bonds. The fourth-order valence-electron chi connectivity index (χ4n) is 2.41. The van der Waals surface area contributed by atoms with Gasteiger partial charge in [-0.1, -0.05) is 6.07 Å². The summed E-state index contributed by atoms with van der Waals surface area (Å²) in [6.45, 7) is 1.97. The highest BCUT2D eigenvalue weighted by Crippen LogP contribution is 2.28. The number of aromatic nitrogens is 1. The van der Waals surface area contributed by atoms with Gasteiger partial charge in [0.1, 0.15) is 17.4 Å². The van der Waals surface area contributed by atoms with Crippen LogP contribution in [0.5, 0.6) is 5.75 Å². The highest BCUT2D eigenvalue weighted by Gasteiger charge is 2.15. The molecule has 0 aliphatic heterocycles. The first-order valence-electron chi connectivity index (χ1n) is 8.03. The molecule has 0 atom stereocenters. The van der Waals surface area contributed by atoms with Crippen molar-refractivity contribution in [1.29, 1.82) is 0 Å². The van der Waals surface area contributed by atoms with E-state index in [1.807, 2.05) is 25.1 Å². The number of anilines is 3. The molecule has 3 aromatic rings. The number of pyridine rings is 1. The first-order chi connectivity index (χ1) is 12.9. The molecule has 0 saturated carbocycles. The van der Waals surface area contributed by atoms with E-state index in [1.165, 1.54) is 24.4 Å². The second kappa shape index (κ2) is 7.63. The van der Waals surface area contributed by atoms with Gasteiger partial charge >= 0.3 is 0 Å². The maximum absolute atomic E-state index is 13.0. The first-order valence-corrected chi connectivity index (χ1v) is 9.52. The lowest BCUT2D eigenvalue weighted by atomic mass is 10.2. The third-order valence-electron chi connectivity index (χ3n) is 3.76. The van der Waals surface area contributed by atoms with Crippen LogP contribution >= 0.6 is 0 Å². The van der Waals surface area contributed by atoms with E-state index in [1.54, 1.807) is 13.2 Å². The van der Waals surface area contributed by atoms with E-state index in [0.29, 0.717) is 11.4 Å². The van der Waals surface area contributed by atoms with Crippen LogP contribution in [0.4, 0.5) is 21.6 Å². The Morgan fingerprint density at radius 2 is 1.78 bits per heavy atom. The summed E-state index contributed by atoms with van der Waals surface area (Å²) in [7, 11) is -2.25. The van der Waals surface area contributed by atoms with E-state index < -0.39 is 15.8 Å². The van der Waals surface area contributed by atoms with Crippen LogP contribution in [0.1, 0.15) is 5.56 Å². The maximum atomic E-state index is 13.0. The lowest BCUT2D eigenvalue weighted by molar-refractivity contribution is 0.416. The standard InChI is InChI=1S/C19H18FN3O3S/c1-13-3-9-18(26-2)17(11-13)22-15-6-10-19(21-12-15)23-27(24,25)16-7-4-14(20)5-8-16/h3-12,22H,1-2H3,(H,21,23). The summed E-state index contributed by atoms with van der Waals surface area (Å²) in [5.74, 6) is 0.330. The molecular weight excluding hydrogens is 369 g/mol. The Hall–Kier alpha value is -3.13. The minimum atomic E-state index is -3.84. The zero-order chi connectivity index (χ0) is 19.4. The van der Waals surface area contributed by atoms with Gasteiger partial charge in [-0.2, -0.15) is 0 Å². The molecule has 0 aliphatic carbocycles. The van der Waals surface area contributed by atoms with E-state index in [0.717, 1.165) is 23.4 Å². The average Bonchev–Trinajstić information content (AvgIpc) is 2.64. The van der Waals surface area contributed by atoms with Crippen LogP contribution in [0.15, 0.2) is 65.7 Å². The van der Waals surface area contributed by atoms with E-state index >= 15 is 0 Å². The lowest BCUT2D eigenvalue weighted by Gasteiger charge is -2.12. The molecule has 2 N–H and O–H groups in total. The van der Waals surface area contributed by atoms with Gasteiger partial charge in [0.15, 0.2) is 0 Å². The third kappa shape index (κ3) is 4.53. The van der Waals surface area contributed by atoms with Gasteiger partial charge in [-0.3, -0.25) is 4.72 Å². The van der Waals surface area contributed by atoms with Crippen LogP contribution in [0.2, 0.25) is 0 Å². The van der Waals surface area contributed by atoms with Gasteiger partial charge < -0.3 is 10.1 Å². The van der Waals surface area contributed by atoms with Crippen molar-refractivity contribution < 1.29 is 17.5 Å². The number of methoxy groups -OCH3 is 1. The van der Waals surface area contributed by atoms with Gasteiger partial charge in [-0.05, 0) is 61.0 Å². The second-order valence-corrected chi connectivity index (χ2v) is 7.50. The number of sulfonamides is 1. The van der Waals surface area contributed by atoms with Crippen LogP contribution in [-0.2, 0) is 10.0 Å². The van der Waals surface area contributed by atoms with E-state index in [2.05, 4.69) is 15.0 Å². The number of rotatable bonds is 6. The van der Waals surface area contributed by atoms with Gasteiger partial charge in [0.2, 0.25) is 0 Å². The monoisotopic (exact) mass is 387 g/mol. The predicted molar refractivity (Wildman–Crippen MR) is 102 cm³/mol. The number of hydrogen-bond acceptors (Lipinski definition) is 5. The Morgan fingerprint density at radius 1 is 1.04 bits per heavy atom. The highest BCUT2D eigenvalue weighted by molar-refractivity contribution is 7.92. The summed E-state index contributed by atoms with van der Waals surface area (Å²) >= 11 is 0. The maximum Gasteiger partial charge on any atom is 0.263 e. The van der Waals surface area contributed by atoms with Crippen molar-refractivity contribution >= 4 is 27.2 Å². The summed E-state index contributed by atoms with van der Waals surface area (Å²) in [4.78, 5) is 4.07. The molecule has 0 saturated heterocycles. The molecule has 6 nitrogen and oxygen atoms in total. The summed E-state index contributed by atoms with van der Waals surface area (Å²) in [5.41, 5.74) is 2.51. The van der Waals surface area contributed by atoms with Gasteiger partial charge in [0, 0.05) is 0 Å². The molecule has 0 unspecified atom stereocenters. The highest BCUT2D eigenvalue weighted by atomic mass is 32.2. The van der Waals surface area contributed by atoms with Gasteiger partial charge in [0.25, 0.3) is 10.0 Å². The quantitative estimate of drug-likeness (QED) is 0.666. The number of hydrogen-bond donors (Lipinski definition) is 2. The number of nitrogens with one attached hydrogen (secondary N) is 2. The molecule has 1 aromatic heterocycles. The summed E-state index contributed by atoms with van der Waals surface area (Å²) < 4.78 is 45.3. The lowest BCUT2D eigenvalue weighted by Crippen LogP contribution is -2.13. The molecule has 8 heteroatoms. The molecular formula is C19H18FN3O3S. The van der Waals surface area contributed by atoms with Crippen LogP contribution < -0.4 is 14.8 Å². The van der Waals surface area contributed by atoms with Gasteiger partial charge in [-0.25, -0.2) is 17.8 Å². The Kier molecular flexibility index (Phi) is 5.27. The fourth-order valence-corrected chi connectivity index (χ4v) is 3.42. The van der Waals surface area contributed by atoms with Crippen molar-refractivity contribution in [3.8, 4) is 5.75 Å². The molecule has 0 radical (unpaired) electrons. The number of halogens is 1. The smallest absolute Gasteiger partial charge is 0.263 e. The minimum absolute atomic E-state index is 0.0441. The fraction of sp³-hybridized carbons (Fsp3) is 0.105. The Bertz CT molecular complexity index is 1040. The second-order valence-electron chi connectivity index (χ2n) is 5.82. The van der Waals surface area contributed by atoms with Gasteiger partial charge in [-0.15, -0.1) is 0 Å². The largest absolute Gasteiger partial charge is 0.495 e. The normalized spacial score (nSPS) is 11.1. The molecule has 140 valence electrons. The molecule has 2 aromatic carbocycles. The molecule has 0 bridgehead atoms. The van der Waals surface area contributed by atoms with Crippen LogP contribution in [0, 0.1) is 12.7 Å². The molecule has 1 heterocycles. The molecule has 0 fully saturated rings. The number of ether oxygens (including phenoxy) is 1. The summed E-state index contributed by atoms with van der Waals surface area (Å²) in [5, 5.41) is 3.19. The predicted octanol–water partition coefficient (Wildman–Crippen LogP) is 4.08. The van der Waals surface area contributed by atoms with Crippen LogP contribution in [0.3, 0.4) is 0 Å². The summed E-state index contributed by atoms with van der Waals surface area (Å²) in [6.07, 6.45) is 1.50. The van der Waals surface area contributed by atoms with E-state index in [4.69, 9.17) is 4.74 Å².